The van der Waals surface area contributed by atoms with Crippen LogP contribution in [0.2, 0.25) is 0 Å². The lowest BCUT2D eigenvalue weighted by Gasteiger charge is -2.64. The number of aliphatic hydroxyl groups is 1. The zero-order valence-corrected chi connectivity index (χ0v) is 35.4. The maximum Gasteiger partial charge on any atom is 0.322 e. The van der Waals surface area contributed by atoms with Crippen LogP contribution in [0.1, 0.15) is 75.8 Å². The monoisotopic (exact) mass is 806 g/mol. The molecule has 12 nitrogen and oxygen atoms in total. The summed E-state index contributed by atoms with van der Waals surface area (Å²) in [5.41, 5.74) is 2.04. The summed E-state index contributed by atoms with van der Waals surface area (Å²) >= 11 is 0. The lowest BCUT2D eigenvalue weighted by Crippen LogP contribution is -2.80. The van der Waals surface area contributed by atoms with E-state index in [1.54, 1.807) is 7.11 Å². The van der Waals surface area contributed by atoms with Crippen LogP contribution in [0.15, 0.2) is 60.2 Å². The number of ether oxygens (including phenoxy) is 4. The average molecular weight is 807 g/mol. The zero-order valence-electron chi connectivity index (χ0n) is 35.4. The summed E-state index contributed by atoms with van der Waals surface area (Å²) in [7, 11) is 5.08. The van der Waals surface area contributed by atoms with Gasteiger partial charge >= 0.3 is 17.9 Å². The number of fused-ring (bicyclic) bond motifs is 6. The SMILES string of the molecule is CCC1=C[C@@H]2CN(CCc3c([nH]c4ccccc34)[C@@](C(=O)OC)(c3cc4c(cc3OC)N(C)[C@H]3[C@@](O)(COC(C)=O)[C@H](OC(C)=O)[C@]5(CC)C=CCN6CC[C@]43C65)C2)C1. The number of aromatic nitrogens is 1. The van der Waals surface area contributed by atoms with Crippen molar-refractivity contribution in [1.82, 2.24) is 14.8 Å². The maximum absolute atomic E-state index is 15.3. The topological polar surface area (TPSA) is 134 Å². The van der Waals surface area contributed by atoms with E-state index in [4.69, 9.17) is 18.9 Å². The molecular weight excluding hydrogens is 749 g/mol. The molecule has 12 heteroatoms. The first-order chi connectivity index (χ1) is 28.3. The molecule has 3 aromatic rings. The second-order valence-corrected chi connectivity index (χ2v) is 17.9. The number of anilines is 1. The fraction of sp³-hybridized carbons (Fsp3) is 0.553. The summed E-state index contributed by atoms with van der Waals surface area (Å²) in [5.74, 6) is -0.846. The van der Waals surface area contributed by atoms with Crippen molar-refractivity contribution in [3.63, 3.8) is 0 Å². The average Bonchev–Trinajstić information content (AvgIpc) is 3.89. The molecule has 5 aliphatic heterocycles. The second kappa shape index (κ2) is 14.2. The van der Waals surface area contributed by atoms with E-state index in [-0.39, 0.29) is 24.5 Å². The molecule has 1 saturated heterocycles. The molecule has 2 N–H and O–H groups in total. The highest BCUT2D eigenvalue weighted by atomic mass is 16.6. The standard InChI is InChI=1S/C47H58N4O8/c1-8-30-21-31-24-46(43(54)57-7,39-33(15-19-50(25-30)26-31)32-13-10-11-14-36(32)48-39)35-22-34-37(23-38(35)56-6)49(5)41-45(34)17-20-51-18-12-16-44(9-2,40(45)51)42(59-29(4)53)47(41,55)27-58-28(3)52/h10-14,16,21-23,31,40-42,48,55H,8-9,15,17-20,24-27H2,1-7H3/t31-,40?,41+,42+,44+,45+,46-,47-/m0/s1. The molecular formula is C47H58N4O8. The van der Waals surface area contributed by atoms with Crippen molar-refractivity contribution in [2.45, 2.75) is 94.4 Å². The van der Waals surface area contributed by atoms with Gasteiger partial charge in [-0.3, -0.25) is 24.2 Å². The molecule has 6 aliphatic rings. The van der Waals surface area contributed by atoms with E-state index < -0.39 is 45.9 Å². The summed E-state index contributed by atoms with van der Waals surface area (Å²) in [6, 6.07) is 11.6. The number of hydrogen-bond acceptors (Lipinski definition) is 11. The van der Waals surface area contributed by atoms with Gasteiger partial charge in [-0.1, -0.05) is 55.8 Å². The van der Waals surface area contributed by atoms with E-state index in [1.807, 2.05) is 19.2 Å². The lowest BCUT2D eigenvalue weighted by atomic mass is 9.47. The number of nitrogens with one attached hydrogen (secondary N) is 1. The Morgan fingerprint density at radius 1 is 1.02 bits per heavy atom. The molecule has 6 heterocycles. The van der Waals surface area contributed by atoms with Crippen molar-refractivity contribution in [3.8, 4) is 5.75 Å². The maximum atomic E-state index is 15.3. The molecule has 9 atom stereocenters. The van der Waals surface area contributed by atoms with Gasteiger partial charge in [0.1, 0.15) is 23.9 Å². The van der Waals surface area contributed by atoms with Gasteiger partial charge in [-0.25, -0.2) is 0 Å². The molecule has 9 rings (SSSR count). The molecule has 2 bridgehead atoms. The van der Waals surface area contributed by atoms with Gasteiger partial charge in [0, 0.05) is 97.9 Å². The molecule has 2 unspecified atom stereocenters. The smallest absolute Gasteiger partial charge is 0.322 e. The summed E-state index contributed by atoms with van der Waals surface area (Å²) in [6.45, 7) is 10.6. The van der Waals surface area contributed by atoms with Crippen molar-refractivity contribution in [2.24, 2.45) is 11.3 Å². The number of rotatable bonds is 8. The third-order valence-corrected chi connectivity index (χ3v) is 15.2. The molecule has 59 heavy (non-hydrogen) atoms. The summed E-state index contributed by atoms with van der Waals surface area (Å²) in [4.78, 5) is 51.8. The van der Waals surface area contributed by atoms with Crippen molar-refractivity contribution in [3.05, 3.63) is 82.6 Å². The first-order valence-corrected chi connectivity index (χ1v) is 21.3. The summed E-state index contributed by atoms with van der Waals surface area (Å²) < 4.78 is 24.4. The van der Waals surface area contributed by atoms with Crippen LogP contribution in [0, 0.1) is 11.3 Å². The number of carbonyl (C=O) groups is 3. The van der Waals surface area contributed by atoms with Gasteiger partial charge in [-0.05, 0) is 67.8 Å². The quantitative estimate of drug-likeness (QED) is 0.177. The Kier molecular flexibility index (Phi) is 9.60. The van der Waals surface area contributed by atoms with Gasteiger partial charge in [-0.15, -0.1) is 0 Å². The molecule has 1 spiro atoms. The Labute approximate surface area is 346 Å². The molecule has 0 radical (unpaired) electrons. The number of likely N-dealkylation sites (N-methyl/N-ethyl adjacent to an activating group) is 1. The Morgan fingerprint density at radius 2 is 1.81 bits per heavy atom. The largest absolute Gasteiger partial charge is 0.496 e. The zero-order chi connectivity index (χ0) is 41.6. The van der Waals surface area contributed by atoms with E-state index >= 15 is 4.79 Å². The van der Waals surface area contributed by atoms with Crippen LogP contribution in [-0.4, -0.2) is 122 Å². The highest BCUT2D eigenvalue weighted by molar-refractivity contribution is 5.94. The van der Waals surface area contributed by atoms with E-state index in [1.165, 1.54) is 26.5 Å². The highest BCUT2D eigenvalue weighted by Crippen LogP contribution is 2.68. The number of para-hydroxylation sites is 1. The normalized spacial score (nSPS) is 34.3. The number of carbonyl (C=O) groups excluding carboxylic acids is 3. The number of nitrogens with zero attached hydrogens (tertiary/aromatic N) is 3. The van der Waals surface area contributed by atoms with Crippen molar-refractivity contribution in [2.75, 3.05) is 65.5 Å². The van der Waals surface area contributed by atoms with Gasteiger partial charge in [0.25, 0.3) is 0 Å². The van der Waals surface area contributed by atoms with E-state index in [0.29, 0.717) is 37.1 Å². The van der Waals surface area contributed by atoms with Gasteiger partial charge in [0.05, 0.1) is 20.3 Å². The molecule has 1 saturated carbocycles. The summed E-state index contributed by atoms with van der Waals surface area (Å²) in [6.07, 6.45) is 8.96. The first-order valence-electron chi connectivity index (χ1n) is 21.3. The number of esters is 3. The van der Waals surface area contributed by atoms with Crippen molar-refractivity contribution in [1.29, 1.82) is 0 Å². The van der Waals surface area contributed by atoms with Gasteiger partial charge < -0.3 is 33.9 Å². The third-order valence-electron chi connectivity index (χ3n) is 15.2. The van der Waals surface area contributed by atoms with E-state index in [0.717, 1.165) is 72.4 Å². The first kappa shape index (κ1) is 39.8. The number of benzene rings is 2. The summed E-state index contributed by atoms with van der Waals surface area (Å²) in [5, 5.41) is 14.6. The number of aromatic amines is 1. The lowest BCUT2D eigenvalue weighted by molar-refractivity contribution is -0.232. The Morgan fingerprint density at radius 3 is 2.53 bits per heavy atom. The van der Waals surface area contributed by atoms with Crippen LogP contribution in [0.25, 0.3) is 10.9 Å². The van der Waals surface area contributed by atoms with Crippen molar-refractivity contribution < 1.29 is 38.4 Å². The third kappa shape index (κ3) is 5.47. The number of H-pyrrole nitrogens is 1. The van der Waals surface area contributed by atoms with Crippen LogP contribution < -0.4 is 9.64 Å². The number of hydrogen-bond donors (Lipinski definition) is 2. The molecule has 1 aliphatic carbocycles. The Balaban J connectivity index is 1.36. The van der Waals surface area contributed by atoms with Crippen LogP contribution in [0.4, 0.5) is 5.69 Å². The Bertz CT molecular complexity index is 2280. The predicted octanol–water partition coefficient (Wildman–Crippen LogP) is 5.19. The van der Waals surface area contributed by atoms with Crippen LogP contribution in [0.5, 0.6) is 5.75 Å². The molecule has 2 aromatic carbocycles. The number of methoxy groups -OCH3 is 2. The van der Waals surface area contributed by atoms with Crippen LogP contribution >= 0.6 is 0 Å². The fourth-order valence-corrected chi connectivity index (χ4v) is 13.2. The molecule has 314 valence electrons. The minimum absolute atomic E-state index is 0.0351. The van der Waals surface area contributed by atoms with Gasteiger partial charge in [0.15, 0.2) is 5.60 Å². The molecule has 1 aromatic heterocycles. The van der Waals surface area contributed by atoms with Crippen LogP contribution in [-0.2, 0) is 45.8 Å². The van der Waals surface area contributed by atoms with Gasteiger partial charge in [0.2, 0.25) is 0 Å². The van der Waals surface area contributed by atoms with Gasteiger partial charge in [-0.2, -0.15) is 0 Å². The van der Waals surface area contributed by atoms with E-state index in [9.17, 15) is 14.7 Å². The predicted molar refractivity (Wildman–Crippen MR) is 224 cm³/mol. The highest BCUT2D eigenvalue weighted by Gasteiger charge is 2.78. The second-order valence-electron chi connectivity index (χ2n) is 17.9. The minimum Gasteiger partial charge on any atom is -0.496 e. The molecule has 0 amide bonds. The Hall–Kier alpha value is -4.65. The fourth-order valence-electron chi connectivity index (χ4n) is 13.2. The van der Waals surface area contributed by atoms with Crippen LogP contribution in [0.3, 0.4) is 0 Å². The van der Waals surface area contributed by atoms with E-state index in [2.05, 4.69) is 76.0 Å². The molecule has 2 fully saturated rings. The minimum atomic E-state index is -1.84. The van der Waals surface area contributed by atoms with Crippen molar-refractivity contribution >= 4 is 34.5 Å².